The average Bonchev–Trinajstić information content (AvgIpc) is 2.79. The SMILES string of the molecule is CCc1ccccc1Nc1nc(Cl)c(C(=O)OC)s1. The van der Waals surface area contributed by atoms with Crippen LogP contribution in [0.4, 0.5) is 10.8 Å². The van der Waals surface area contributed by atoms with Crippen molar-refractivity contribution in [2.24, 2.45) is 0 Å². The molecule has 1 N–H and O–H groups in total. The van der Waals surface area contributed by atoms with Crippen molar-refractivity contribution in [2.75, 3.05) is 12.4 Å². The molecule has 1 aromatic heterocycles. The number of nitrogens with zero attached hydrogens (tertiary/aromatic N) is 1. The maximum Gasteiger partial charge on any atom is 0.351 e. The van der Waals surface area contributed by atoms with Crippen molar-refractivity contribution in [3.8, 4) is 0 Å². The Kier molecular flexibility index (Phi) is 4.39. The number of ether oxygens (including phenoxy) is 1. The fourth-order valence-electron chi connectivity index (χ4n) is 1.64. The van der Waals surface area contributed by atoms with Gasteiger partial charge in [-0.2, -0.15) is 0 Å². The summed E-state index contributed by atoms with van der Waals surface area (Å²) in [6, 6.07) is 7.93. The standard InChI is InChI=1S/C13H13ClN2O2S/c1-3-8-6-4-5-7-9(8)15-13-16-11(14)10(19-13)12(17)18-2/h4-7H,3H2,1-2H3,(H,15,16). The van der Waals surface area contributed by atoms with E-state index < -0.39 is 5.97 Å². The molecule has 6 heteroatoms. The van der Waals surface area contributed by atoms with Gasteiger partial charge in [-0.1, -0.05) is 48.1 Å². The zero-order valence-corrected chi connectivity index (χ0v) is 12.1. The van der Waals surface area contributed by atoms with Crippen LogP contribution in [0.25, 0.3) is 0 Å². The Labute approximate surface area is 120 Å². The second-order valence-corrected chi connectivity index (χ2v) is 5.12. The minimum Gasteiger partial charge on any atom is -0.465 e. The number of esters is 1. The average molecular weight is 297 g/mol. The third-order valence-corrected chi connectivity index (χ3v) is 3.93. The summed E-state index contributed by atoms with van der Waals surface area (Å²) in [7, 11) is 1.32. The second-order valence-electron chi connectivity index (χ2n) is 3.77. The summed E-state index contributed by atoms with van der Waals surface area (Å²) in [5, 5.41) is 3.91. The van der Waals surface area contributed by atoms with Crippen molar-refractivity contribution < 1.29 is 9.53 Å². The molecule has 0 unspecified atom stereocenters. The number of carbonyl (C=O) groups excluding carboxylic acids is 1. The number of halogens is 1. The molecule has 0 fully saturated rings. The molecule has 1 aromatic carbocycles. The lowest BCUT2D eigenvalue weighted by Gasteiger charge is -2.07. The van der Waals surface area contributed by atoms with Gasteiger partial charge in [0, 0.05) is 5.69 Å². The van der Waals surface area contributed by atoms with E-state index in [-0.39, 0.29) is 5.15 Å². The van der Waals surface area contributed by atoms with Crippen LogP contribution in [-0.2, 0) is 11.2 Å². The van der Waals surface area contributed by atoms with Crippen LogP contribution in [0.3, 0.4) is 0 Å². The number of rotatable bonds is 4. The first-order valence-corrected chi connectivity index (χ1v) is 6.94. The fourth-order valence-corrected chi connectivity index (χ4v) is 2.75. The van der Waals surface area contributed by atoms with Crippen LogP contribution in [0, 0.1) is 0 Å². The molecule has 0 spiro atoms. The molecule has 1 heterocycles. The number of hydrogen-bond donors (Lipinski definition) is 1. The van der Waals surface area contributed by atoms with E-state index in [4.69, 9.17) is 11.6 Å². The summed E-state index contributed by atoms with van der Waals surface area (Å²) >= 11 is 7.09. The van der Waals surface area contributed by atoms with Crippen molar-refractivity contribution in [1.82, 2.24) is 4.98 Å². The molecule has 4 nitrogen and oxygen atoms in total. The first-order chi connectivity index (χ1) is 9.15. The Morgan fingerprint density at radius 2 is 2.21 bits per heavy atom. The lowest BCUT2D eigenvalue weighted by Crippen LogP contribution is -1.98. The number of hydrogen-bond acceptors (Lipinski definition) is 5. The van der Waals surface area contributed by atoms with Crippen LogP contribution in [0.15, 0.2) is 24.3 Å². The summed E-state index contributed by atoms with van der Waals surface area (Å²) in [5.41, 5.74) is 2.14. The molecular formula is C13H13ClN2O2S. The molecule has 0 amide bonds. The number of aryl methyl sites for hydroxylation is 1. The molecular weight excluding hydrogens is 284 g/mol. The molecule has 0 saturated heterocycles. The normalized spacial score (nSPS) is 10.3. The number of methoxy groups -OCH3 is 1. The van der Waals surface area contributed by atoms with Crippen LogP contribution in [0.5, 0.6) is 0 Å². The Morgan fingerprint density at radius 3 is 2.89 bits per heavy atom. The number of anilines is 2. The van der Waals surface area contributed by atoms with Crippen LogP contribution in [-0.4, -0.2) is 18.1 Å². The van der Waals surface area contributed by atoms with E-state index in [0.29, 0.717) is 10.0 Å². The predicted octanol–water partition coefficient (Wildman–Crippen LogP) is 3.89. The van der Waals surface area contributed by atoms with Gasteiger partial charge in [0.25, 0.3) is 0 Å². The van der Waals surface area contributed by atoms with Crippen LogP contribution in [0.1, 0.15) is 22.2 Å². The van der Waals surface area contributed by atoms with Gasteiger partial charge in [0.2, 0.25) is 0 Å². The van der Waals surface area contributed by atoms with Crippen molar-refractivity contribution in [2.45, 2.75) is 13.3 Å². The minimum atomic E-state index is -0.473. The maximum absolute atomic E-state index is 11.5. The van der Waals surface area contributed by atoms with E-state index >= 15 is 0 Å². The highest BCUT2D eigenvalue weighted by Gasteiger charge is 2.17. The van der Waals surface area contributed by atoms with E-state index in [9.17, 15) is 4.79 Å². The van der Waals surface area contributed by atoms with Gasteiger partial charge in [0.15, 0.2) is 15.2 Å². The smallest absolute Gasteiger partial charge is 0.351 e. The zero-order chi connectivity index (χ0) is 13.8. The molecule has 0 aliphatic carbocycles. The van der Waals surface area contributed by atoms with Crippen molar-refractivity contribution in [1.29, 1.82) is 0 Å². The Morgan fingerprint density at radius 1 is 1.47 bits per heavy atom. The fraction of sp³-hybridized carbons (Fsp3) is 0.231. The summed E-state index contributed by atoms with van der Waals surface area (Å²) in [4.78, 5) is 15.9. The van der Waals surface area contributed by atoms with Crippen molar-refractivity contribution >= 4 is 39.7 Å². The van der Waals surface area contributed by atoms with E-state index in [0.717, 1.165) is 12.1 Å². The highest BCUT2D eigenvalue weighted by molar-refractivity contribution is 7.18. The van der Waals surface area contributed by atoms with Crippen LogP contribution < -0.4 is 5.32 Å². The van der Waals surface area contributed by atoms with Gasteiger partial charge in [-0.25, -0.2) is 9.78 Å². The Bertz CT molecular complexity index is 598. The molecule has 0 bridgehead atoms. The topological polar surface area (TPSA) is 51.2 Å². The second kappa shape index (κ2) is 6.04. The van der Waals surface area contributed by atoms with Crippen LogP contribution in [0.2, 0.25) is 5.15 Å². The first kappa shape index (κ1) is 13.8. The number of para-hydroxylation sites is 1. The molecule has 0 saturated carbocycles. The number of aromatic nitrogens is 1. The molecule has 19 heavy (non-hydrogen) atoms. The first-order valence-electron chi connectivity index (χ1n) is 5.75. The van der Waals surface area contributed by atoms with Gasteiger partial charge >= 0.3 is 5.97 Å². The largest absolute Gasteiger partial charge is 0.465 e. The molecule has 0 radical (unpaired) electrons. The third kappa shape index (κ3) is 3.05. The van der Waals surface area contributed by atoms with Gasteiger partial charge in [-0.15, -0.1) is 0 Å². The molecule has 2 aromatic rings. The summed E-state index contributed by atoms with van der Waals surface area (Å²) in [6.45, 7) is 2.08. The summed E-state index contributed by atoms with van der Waals surface area (Å²) < 4.78 is 4.64. The molecule has 2 rings (SSSR count). The molecule has 0 aliphatic heterocycles. The molecule has 100 valence electrons. The third-order valence-electron chi connectivity index (χ3n) is 2.60. The lowest BCUT2D eigenvalue weighted by molar-refractivity contribution is 0.0606. The zero-order valence-electron chi connectivity index (χ0n) is 10.6. The van der Waals surface area contributed by atoms with Gasteiger partial charge in [0.05, 0.1) is 7.11 Å². The summed E-state index contributed by atoms with van der Waals surface area (Å²) in [5.74, 6) is -0.473. The Hall–Kier alpha value is -1.59. The van der Waals surface area contributed by atoms with E-state index in [1.807, 2.05) is 24.3 Å². The Balaban J connectivity index is 2.27. The van der Waals surface area contributed by atoms with Gasteiger partial charge in [-0.05, 0) is 18.1 Å². The van der Waals surface area contributed by atoms with Crippen molar-refractivity contribution in [3.63, 3.8) is 0 Å². The number of carbonyl (C=O) groups is 1. The van der Waals surface area contributed by atoms with Gasteiger partial charge < -0.3 is 10.1 Å². The summed E-state index contributed by atoms with van der Waals surface area (Å²) in [6.07, 6.45) is 0.909. The van der Waals surface area contributed by atoms with Crippen LogP contribution >= 0.6 is 22.9 Å². The highest BCUT2D eigenvalue weighted by Crippen LogP contribution is 2.30. The van der Waals surface area contributed by atoms with Crippen molar-refractivity contribution in [3.05, 3.63) is 39.9 Å². The monoisotopic (exact) mass is 296 g/mol. The number of thiazole rings is 1. The predicted molar refractivity (Wildman–Crippen MR) is 77.6 cm³/mol. The lowest BCUT2D eigenvalue weighted by atomic mass is 10.1. The quantitative estimate of drug-likeness (QED) is 0.870. The maximum atomic E-state index is 11.5. The van der Waals surface area contributed by atoms with E-state index in [1.54, 1.807) is 0 Å². The van der Waals surface area contributed by atoms with E-state index in [1.165, 1.54) is 24.0 Å². The van der Waals surface area contributed by atoms with E-state index in [2.05, 4.69) is 22.0 Å². The van der Waals surface area contributed by atoms with Gasteiger partial charge in [-0.3, -0.25) is 0 Å². The number of benzene rings is 1. The molecule has 0 aliphatic rings. The molecule has 0 atom stereocenters. The minimum absolute atomic E-state index is 0.160. The van der Waals surface area contributed by atoms with Gasteiger partial charge in [0.1, 0.15) is 0 Å². The number of nitrogens with one attached hydrogen (secondary N) is 1. The highest BCUT2D eigenvalue weighted by atomic mass is 35.5.